The first-order chi connectivity index (χ1) is 11.1. The molecule has 0 radical (unpaired) electrons. The van der Waals surface area contributed by atoms with Crippen LogP contribution in [-0.2, 0) is 0 Å². The molecule has 118 valence electrons. The van der Waals surface area contributed by atoms with Crippen LogP contribution in [0.2, 0.25) is 0 Å². The third-order valence-electron chi connectivity index (χ3n) is 2.83. The summed E-state index contributed by atoms with van der Waals surface area (Å²) in [6.07, 6.45) is 2.59. The van der Waals surface area contributed by atoms with Crippen LogP contribution >= 0.6 is 0 Å². The van der Waals surface area contributed by atoms with Crippen molar-refractivity contribution in [3.05, 3.63) is 48.0 Å². The van der Waals surface area contributed by atoms with Crippen LogP contribution in [0.1, 0.15) is 37.4 Å². The molecular formula is C17H18N4O2. The largest absolute Gasteiger partial charge is 0.494 e. The van der Waals surface area contributed by atoms with E-state index in [9.17, 15) is 0 Å². The van der Waals surface area contributed by atoms with Gasteiger partial charge in [0.05, 0.1) is 12.8 Å². The number of nitriles is 1. The first-order valence-electron chi connectivity index (χ1n) is 7.22. The van der Waals surface area contributed by atoms with Gasteiger partial charge in [-0.25, -0.2) is 5.43 Å². The van der Waals surface area contributed by atoms with E-state index in [-0.39, 0.29) is 11.6 Å². The number of hydrogen-bond acceptors (Lipinski definition) is 6. The van der Waals surface area contributed by atoms with E-state index in [4.69, 9.17) is 14.4 Å². The molecule has 0 aliphatic rings. The lowest BCUT2D eigenvalue weighted by atomic mass is 10.2. The maximum atomic E-state index is 9.02. The quantitative estimate of drug-likeness (QED) is 0.621. The number of benzene rings is 1. The van der Waals surface area contributed by atoms with E-state index in [1.165, 1.54) is 0 Å². The van der Waals surface area contributed by atoms with Crippen molar-refractivity contribution in [3.8, 4) is 11.8 Å². The van der Waals surface area contributed by atoms with E-state index in [1.807, 2.05) is 30.3 Å². The molecule has 6 nitrogen and oxygen atoms in total. The minimum absolute atomic E-state index is 0.142. The summed E-state index contributed by atoms with van der Waals surface area (Å²) in [5.41, 5.74) is 4.35. The SMILES string of the molecule is C=C(C)c1nc(C#N)c(NN=Cc2ccc(OCCC)cc2)o1. The molecule has 0 saturated heterocycles. The van der Waals surface area contributed by atoms with E-state index in [0.29, 0.717) is 18.1 Å². The van der Waals surface area contributed by atoms with E-state index in [1.54, 1.807) is 13.1 Å². The van der Waals surface area contributed by atoms with E-state index in [2.05, 4.69) is 29.0 Å². The molecule has 0 saturated carbocycles. The fourth-order valence-electron chi connectivity index (χ4n) is 1.69. The highest BCUT2D eigenvalue weighted by molar-refractivity contribution is 5.80. The van der Waals surface area contributed by atoms with Gasteiger partial charge in [0.15, 0.2) is 0 Å². The van der Waals surface area contributed by atoms with Crippen molar-refractivity contribution in [1.82, 2.24) is 4.98 Å². The lowest BCUT2D eigenvalue weighted by Crippen LogP contribution is -1.95. The number of hydrazone groups is 1. The van der Waals surface area contributed by atoms with E-state index < -0.39 is 0 Å². The summed E-state index contributed by atoms with van der Waals surface area (Å²) in [4.78, 5) is 4.01. The number of ether oxygens (including phenoxy) is 1. The van der Waals surface area contributed by atoms with Crippen molar-refractivity contribution in [3.63, 3.8) is 0 Å². The van der Waals surface area contributed by atoms with Gasteiger partial charge in [-0.2, -0.15) is 15.3 Å². The Balaban J connectivity index is 2.01. The smallest absolute Gasteiger partial charge is 0.252 e. The number of allylic oxidation sites excluding steroid dienone is 1. The molecule has 6 heteroatoms. The molecule has 0 bridgehead atoms. The molecule has 1 N–H and O–H groups in total. The van der Waals surface area contributed by atoms with Crippen LogP contribution in [0.15, 0.2) is 40.4 Å². The highest BCUT2D eigenvalue weighted by Gasteiger charge is 2.12. The maximum absolute atomic E-state index is 9.02. The number of hydrogen-bond donors (Lipinski definition) is 1. The van der Waals surface area contributed by atoms with Crippen molar-refractivity contribution < 1.29 is 9.15 Å². The summed E-state index contributed by atoms with van der Waals surface area (Å²) < 4.78 is 10.9. The summed E-state index contributed by atoms with van der Waals surface area (Å²) in [5, 5.41) is 13.1. The second-order valence-corrected chi connectivity index (χ2v) is 4.88. The molecule has 1 heterocycles. The number of nitrogens with zero attached hydrogens (tertiary/aromatic N) is 3. The summed E-state index contributed by atoms with van der Waals surface area (Å²) in [5.74, 6) is 1.34. The summed E-state index contributed by atoms with van der Waals surface area (Å²) in [6.45, 7) is 8.24. The van der Waals surface area contributed by atoms with Crippen molar-refractivity contribution >= 4 is 17.7 Å². The molecule has 0 aliphatic heterocycles. The Labute approximate surface area is 135 Å². The molecule has 2 rings (SSSR count). The fourth-order valence-corrected chi connectivity index (χ4v) is 1.69. The van der Waals surface area contributed by atoms with E-state index in [0.717, 1.165) is 17.7 Å². The number of anilines is 1. The van der Waals surface area contributed by atoms with Gasteiger partial charge in [0.25, 0.3) is 5.88 Å². The normalized spacial score (nSPS) is 10.5. The van der Waals surface area contributed by atoms with Crippen LogP contribution in [0.4, 0.5) is 5.88 Å². The highest BCUT2D eigenvalue weighted by atomic mass is 16.5. The van der Waals surface area contributed by atoms with Gasteiger partial charge in [-0.3, -0.25) is 0 Å². The molecule has 2 aromatic rings. The standard InChI is InChI=1S/C17H18N4O2/c1-4-9-22-14-7-5-13(6-8-14)11-19-21-17-15(10-18)20-16(23-17)12(2)3/h5-8,11,21H,2,4,9H2,1,3H3. The van der Waals surface area contributed by atoms with Crippen LogP contribution in [0.3, 0.4) is 0 Å². The van der Waals surface area contributed by atoms with Crippen molar-refractivity contribution in [2.75, 3.05) is 12.0 Å². The Hall–Kier alpha value is -3.07. The average Bonchev–Trinajstić information content (AvgIpc) is 2.98. The highest BCUT2D eigenvalue weighted by Crippen LogP contribution is 2.20. The van der Waals surface area contributed by atoms with Gasteiger partial charge in [0.1, 0.15) is 11.8 Å². The Morgan fingerprint density at radius 2 is 2.22 bits per heavy atom. The Bertz CT molecular complexity index is 739. The van der Waals surface area contributed by atoms with Gasteiger partial charge >= 0.3 is 0 Å². The van der Waals surface area contributed by atoms with Crippen molar-refractivity contribution in [2.45, 2.75) is 20.3 Å². The molecule has 1 aromatic carbocycles. The van der Waals surface area contributed by atoms with Crippen LogP contribution in [-0.4, -0.2) is 17.8 Å². The van der Waals surface area contributed by atoms with Gasteiger partial charge in [0.2, 0.25) is 11.6 Å². The summed E-state index contributed by atoms with van der Waals surface area (Å²) >= 11 is 0. The van der Waals surface area contributed by atoms with Crippen LogP contribution in [0.5, 0.6) is 5.75 Å². The summed E-state index contributed by atoms with van der Waals surface area (Å²) in [7, 11) is 0. The van der Waals surface area contributed by atoms with Crippen LogP contribution in [0, 0.1) is 11.3 Å². The molecular weight excluding hydrogens is 292 g/mol. The van der Waals surface area contributed by atoms with Gasteiger partial charge in [-0.05, 0) is 43.2 Å². The third-order valence-corrected chi connectivity index (χ3v) is 2.83. The predicted octanol–water partition coefficient (Wildman–Crippen LogP) is 3.81. The first-order valence-corrected chi connectivity index (χ1v) is 7.22. The topological polar surface area (TPSA) is 83.4 Å². The molecule has 0 unspecified atom stereocenters. The molecule has 23 heavy (non-hydrogen) atoms. The monoisotopic (exact) mass is 310 g/mol. The predicted molar refractivity (Wildman–Crippen MR) is 89.4 cm³/mol. The van der Waals surface area contributed by atoms with Gasteiger partial charge in [0, 0.05) is 5.57 Å². The number of nitrogens with one attached hydrogen (secondary N) is 1. The Morgan fingerprint density at radius 1 is 1.48 bits per heavy atom. The molecule has 0 atom stereocenters. The minimum Gasteiger partial charge on any atom is -0.494 e. The molecule has 0 spiro atoms. The minimum atomic E-state index is 0.142. The van der Waals surface area contributed by atoms with Gasteiger partial charge < -0.3 is 9.15 Å². The third kappa shape index (κ3) is 4.45. The Kier molecular flexibility index (Phi) is 5.53. The first kappa shape index (κ1) is 16.3. The van der Waals surface area contributed by atoms with Crippen LogP contribution < -0.4 is 10.2 Å². The lowest BCUT2D eigenvalue weighted by Gasteiger charge is -2.03. The van der Waals surface area contributed by atoms with Gasteiger partial charge in [-0.15, -0.1) is 0 Å². The molecule has 1 aromatic heterocycles. The van der Waals surface area contributed by atoms with Crippen LogP contribution in [0.25, 0.3) is 5.57 Å². The zero-order valence-corrected chi connectivity index (χ0v) is 13.2. The van der Waals surface area contributed by atoms with Gasteiger partial charge in [-0.1, -0.05) is 13.5 Å². The fraction of sp³-hybridized carbons (Fsp3) is 0.235. The molecule has 0 aliphatic carbocycles. The molecule has 0 fully saturated rings. The zero-order chi connectivity index (χ0) is 16.7. The lowest BCUT2D eigenvalue weighted by molar-refractivity contribution is 0.317. The number of rotatable bonds is 7. The maximum Gasteiger partial charge on any atom is 0.252 e. The van der Waals surface area contributed by atoms with E-state index >= 15 is 0 Å². The zero-order valence-electron chi connectivity index (χ0n) is 13.2. The van der Waals surface area contributed by atoms with Crippen molar-refractivity contribution in [1.29, 1.82) is 5.26 Å². The average molecular weight is 310 g/mol. The number of oxazole rings is 1. The number of aromatic nitrogens is 1. The molecule has 0 amide bonds. The Morgan fingerprint density at radius 3 is 2.83 bits per heavy atom. The second-order valence-electron chi connectivity index (χ2n) is 4.88. The second kappa shape index (κ2) is 7.80. The van der Waals surface area contributed by atoms with Crippen molar-refractivity contribution in [2.24, 2.45) is 5.10 Å². The summed E-state index contributed by atoms with van der Waals surface area (Å²) in [6, 6.07) is 9.49.